The molecule has 0 aliphatic carbocycles. The lowest BCUT2D eigenvalue weighted by molar-refractivity contribution is 0.474. The number of hydrogen-bond donors (Lipinski definition) is 1. The van der Waals surface area contributed by atoms with Crippen molar-refractivity contribution in [1.29, 1.82) is 0 Å². The zero-order chi connectivity index (χ0) is 15.3. The summed E-state index contributed by atoms with van der Waals surface area (Å²) < 4.78 is 2.10. The second-order valence-electron chi connectivity index (χ2n) is 4.84. The number of phenolic OH excluding ortho intramolecular Hbond substituents is 1. The maximum atomic E-state index is 12.6. The molecular formula is C16H9ClN2O2S. The van der Waals surface area contributed by atoms with E-state index in [1.807, 2.05) is 24.3 Å². The van der Waals surface area contributed by atoms with Gasteiger partial charge in [0, 0.05) is 10.6 Å². The summed E-state index contributed by atoms with van der Waals surface area (Å²) in [5.74, 6) is 0.0831. The second-order valence-corrected chi connectivity index (χ2v) is 6.28. The van der Waals surface area contributed by atoms with Crippen molar-refractivity contribution in [1.82, 2.24) is 9.38 Å². The van der Waals surface area contributed by atoms with Crippen LogP contribution in [0, 0.1) is 0 Å². The number of halogens is 1. The SMILES string of the molecule is O=c1c(=Cc2cc(Cl)ccc2O)sc2nc3ccccc3n12. The van der Waals surface area contributed by atoms with Crippen LogP contribution < -0.4 is 10.1 Å². The Labute approximate surface area is 133 Å². The molecule has 0 aliphatic heterocycles. The van der Waals surface area contributed by atoms with E-state index in [-0.39, 0.29) is 11.3 Å². The highest BCUT2D eigenvalue weighted by atomic mass is 35.5. The van der Waals surface area contributed by atoms with Crippen LogP contribution in [0.1, 0.15) is 5.56 Å². The zero-order valence-electron chi connectivity index (χ0n) is 11.2. The van der Waals surface area contributed by atoms with Crippen LogP contribution >= 0.6 is 22.9 Å². The van der Waals surface area contributed by atoms with Crippen molar-refractivity contribution in [3.05, 3.63) is 67.9 Å². The van der Waals surface area contributed by atoms with E-state index in [1.54, 1.807) is 22.6 Å². The third-order valence-electron chi connectivity index (χ3n) is 3.42. The van der Waals surface area contributed by atoms with Gasteiger partial charge in [-0.1, -0.05) is 35.1 Å². The fraction of sp³-hybridized carbons (Fsp3) is 0. The van der Waals surface area contributed by atoms with Gasteiger partial charge in [-0.25, -0.2) is 9.38 Å². The predicted molar refractivity (Wildman–Crippen MR) is 88.7 cm³/mol. The van der Waals surface area contributed by atoms with Gasteiger partial charge in [0.15, 0.2) is 4.96 Å². The molecular weight excluding hydrogens is 320 g/mol. The van der Waals surface area contributed by atoms with Gasteiger partial charge in [0.25, 0.3) is 5.56 Å². The molecule has 108 valence electrons. The summed E-state index contributed by atoms with van der Waals surface area (Å²) in [5, 5.41) is 10.4. The van der Waals surface area contributed by atoms with Gasteiger partial charge in [-0.15, -0.1) is 0 Å². The maximum Gasteiger partial charge on any atom is 0.274 e. The first-order chi connectivity index (χ1) is 10.6. The van der Waals surface area contributed by atoms with Crippen LogP contribution in [0.3, 0.4) is 0 Å². The number of fused-ring (bicyclic) bond motifs is 3. The lowest BCUT2D eigenvalue weighted by Crippen LogP contribution is -2.22. The quantitative estimate of drug-likeness (QED) is 0.584. The Bertz CT molecular complexity index is 1130. The van der Waals surface area contributed by atoms with Crippen LogP contribution in [0.5, 0.6) is 5.75 Å². The van der Waals surface area contributed by atoms with Crippen LogP contribution in [0.2, 0.25) is 5.02 Å². The fourth-order valence-electron chi connectivity index (χ4n) is 2.39. The fourth-order valence-corrected chi connectivity index (χ4v) is 3.55. The molecule has 0 saturated heterocycles. The summed E-state index contributed by atoms with van der Waals surface area (Å²) in [7, 11) is 0. The summed E-state index contributed by atoms with van der Waals surface area (Å²) >= 11 is 7.22. The first-order valence-electron chi connectivity index (χ1n) is 6.54. The highest BCUT2D eigenvalue weighted by Crippen LogP contribution is 2.22. The van der Waals surface area contributed by atoms with Crippen LogP contribution in [-0.4, -0.2) is 14.5 Å². The normalized spacial score (nSPS) is 12.5. The molecule has 0 aliphatic rings. The second kappa shape index (κ2) is 4.83. The Balaban J connectivity index is 2.04. The van der Waals surface area contributed by atoms with Crippen molar-refractivity contribution in [2.45, 2.75) is 0 Å². The summed E-state index contributed by atoms with van der Waals surface area (Å²) in [6, 6.07) is 12.2. The largest absolute Gasteiger partial charge is 0.507 e. The van der Waals surface area contributed by atoms with E-state index < -0.39 is 0 Å². The molecule has 22 heavy (non-hydrogen) atoms. The van der Waals surface area contributed by atoms with E-state index in [9.17, 15) is 9.90 Å². The lowest BCUT2D eigenvalue weighted by atomic mass is 10.2. The molecule has 0 radical (unpaired) electrons. The van der Waals surface area contributed by atoms with Gasteiger partial charge in [0.05, 0.1) is 15.6 Å². The number of aromatic nitrogens is 2. The van der Waals surface area contributed by atoms with Crippen molar-refractivity contribution in [2.75, 3.05) is 0 Å². The first-order valence-corrected chi connectivity index (χ1v) is 7.73. The molecule has 0 spiro atoms. The molecule has 0 atom stereocenters. The Morgan fingerprint density at radius 1 is 1.23 bits per heavy atom. The van der Waals surface area contributed by atoms with Crippen molar-refractivity contribution < 1.29 is 5.11 Å². The number of hydrogen-bond acceptors (Lipinski definition) is 4. The predicted octanol–water partition coefficient (Wildman–Crippen LogP) is 2.82. The minimum Gasteiger partial charge on any atom is -0.507 e. The zero-order valence-corrected chi connectivity index (χ0v) is 12.7. The molecule has 0 fully saturated rings. The van der Waals surface area contributed by atoms with Gasteiger partial charge < -0.3 is 5.11 Å². The van der Waals surface area contributed by atoms with Crippen molar-refractivity contribution in [2.24, 2.45) is 0 Å². The molecule has 0 unspecified atom stereocenters. The summed E-state index contributed by atoms with van der Waals surface area (Å²) in [5.41, 5.74) is 1.95. The molecule has 2 aromatic heterocycles. The number of imidazole rings is 1. The Morgan fingerprint density at radius 2 is 2.05 bits per heavy atom. The lowest BCUT2D eigenvalue weighted by Gasteiger charge is -1.97. The molecule has 0 saturated carbocycles. The number of thiazole rings is 1. The number of phenols is 1. The third kappa shape index (κ3) is 1.98. The van der Waals surface area contributed by atoms with Gasteiger partial charge in [-0.05, 0) is 36.4 Å². The van der Waals surface area contributed by atoms with Gasteiger partial charge >= 0.3 is 0 Å². The standard InChI is InChI=1S/C16H9ClN2O2S/c17-10-5-6-13(20)9(7-10)8-14-15(21)19-12-4-2-1-3-11(12)18-16(19)22-14/h1-8,20H. The molecule has 4 rings (SSSR count). The molecule has 0 bridgehead atoms. The molecule has 6 heteroatoms. The topological polar surface area (TPSA) is 54.6 Å². The van der Waals surface area contributed by atoms with Gasteiger partial charge in [-0.2, -0.15) is 0 Å². The van der Waals surface area contributed by atoms with E-state index in [0.29, 0.717) is 20.1 Å². The highest BCUT2D eigenvalue weighted by Gasteiger charge is 2.11. The molecule has 2 aromatic carbocycles. The van der Waals surface area contributed by atoms with Crippen LogP contribution in [0.4, 0.5) is 0 Å². The van der Waals surface area contributed by atoms with Crippen molar-refractivity contribution >= 4 is 45.0 Å². The van der Waals surface area contributed by atoms with Gasteiger partial charge in [0.2, 0.25) is 0 Å². The van der Waals surface area contributed by atoms with E-state index in [2.05, 4.69) is 4.98 Å². The average Bonchev–Trinajstić information content (AvgIpc) is 3.00. The van der Waals surface area contributed by atoms with E-state index in [4.69, 9.17) is 11.6 Å². The number of rotatable bonds is 1. The summed E-state index contributed by atoms with van der Waals surface area (Å²) in [4.78, 5) is 17.7. The molecule has 2 heterocycles. The monoisotopic (exact) mass is 328 g/mol. The summed E-state index contributed by atoms with van der Waals surface area (Å²) in [6.45, 7) is 0. The van der Waals surface area contributed by atoms with Crippen molar-refractivity contribution in [3.63, 3.8) is 0 Å². The smallest absolute Gasteiger partial charge is 0.274 e. The number of benzene rings is 2. The summed E-state index contributed by atoms with van der Waals surface area (Å²) in [6.07, 6.45) is 1.64. The first kappa shape index (κ1) is 13.3. The minimum atomic E-state index is -0.145. The molecule has 0 amide bonds. The third-order valence-corrected chi connectivity index (χ3v) is 4.63. The van der Waals surface area contributed by atoms with Crippen LogP contribution in [0.25, 0.3) is 22.1 Å². The average molecular weight is 329 g/mol. The van der Waals surface area contributed by atoms with E-state index in [1.165, 1.54) is 17.4 Å². The van der Waals surface area contributed by atoms with Crippen molar-refractivity contribution in [3.8, 4) is 5.75 Å². The molecule has 1 N–H and O–H groups in total. The number of nitrogens with zero attached hydrogens (tertiary/aromatic N) is 2. The van der Waals surface area contributed by atoms with E-state index >= 15 is 0 Å². The Kier molecular flexibility index (Phi) is 2.92. The molecule has 4 aromatic rings. The number of aromatic hydroxyl groups is 1. The number of para-hydroxylation sites is 2. The van der Waals surface area contributed by atoms with Crippen LogP contribution in [-0.2, 0) is 0 Å². The Hall–Kier alpha value is -2.37. The van der Waals surface area contributed by atoms with E-state index in [0.717, 1.165) is 11.0 Å². The minimum absolute atomic E-state index is 0.0831. The van der Waals surface area contributed by atoms with Gasteiger partial charge in [0.1, 0.15) is 5.75 Å². The molecule has 4 nitrogen and oxygen atoms in total. The van der Waals surface area contributed by atoms with Crippen LogP contribution in [0.15, 0.2) is 47.3 Å². The maximum absolute atomic E-state index is 12.6. The Morgan fingerprint density at radius 3 is 2.91 bits per heavy atom. The van der Waals surface area contributed by atoms with Gasteiger partial charge in [-0.3, -0.25) is 4.79 Å². The highest BCUT2D eigenvalue weighted by molar-refractivity contribution is 7.15.